The third-order valence-electron chi connectivity index (χ3n) is 3.23. The van der Waals surface area contributed by atoms with E-state index in [0.717, 1.165) is 18.2 Å². The van der Waals surface area contributed by atoms with Gasteiger partial charge in [0.05, 0.1) is 28.5 Å². The number of carbonyl (C=O) groups is 1. The first-order valence-corrected chi connectivity index (χ1v) is 6.20. The molecule has 0 amide bonds. The van der Waals surface area contributed by atoms with Crippen LogP contribution in [0, 0.1) is 5.82 Å². The summed E-state index contributed by atoms with van der Waals surface area (Å²) in [5, 5.41) is 4.43. The lowest BCUT2D eigenvalue weighted by Crippen LogP contribution is -2.06. The van der Waals surface area contributed by atoms with Crippen molar-refractivity contribution in [1.82, 2.24) is 9.78 Å². The number of hydrogen-bond acceptors (Lipinski definition) is 2. The Kier molecular flexibility index (Phi) is 3.20. The van der Waals surface area contributed by atoms with Crippen LogP contribution in [0.1, 0.15) is 15.9 Å². The molecule has 0 N–H and O–H groups in total. The zero-order valence-electron chi connectivity index (χ0n) is 10.9. The van der Waals surface area contributed by atoms with Gasteiger partial charge in [-0.15, -0.1) is 0 Å². The van der Waals surface area contributed by atoms with Gasteiger partial charge in [0.15, 0.2) is 6.29 Å². The van der Waals surface area contributed by atoms with Gasteiger partial charge < -0.3 is 0 Å². The number of nitrogens with zero attached hydrogens (tertiary/aromatic N) is 2. The molecule has 3 aromatic rings. The van der Waals surface area contributed by atoms with Crippen LogP contribution in [0.3, 0.4) is 0 Å². The first-order chi connectivity index (χ1) is 10.4. The number of fused-ring (bicyclic) bond motifs is 1. The van der Waals surface area contributed by atoms with Gasteiger partial charge in [-0.05, 0) is 24.3 Å². The molecule has 0 aliphatic rings. The van der Waals surface area contributed by atoms with Gasteiger partial charge in [0.1, 0.15) is 5.82 Å². The van der Waals surface area contributed by atoms with Crippen molar-refractivity contribution in [3.63, 3.8) is 0 Å². The van der Waals surface area contributed by atoms with Crippen LogP contribution in [0.15, 0.2) is 42.6 Å². The maximum atomic E-state index is 13.7. The Balaban J connectivity index is 2.19. The minimum atomic E-state index is -4.48. The number of hydrogen-bond donors (Lipinski definition) is 0. The van der Waals surface area contributed by atoms with E-state index in [0.29, 0.717) is 11.7 Å². The van der Waals surface area contributed by atoms with Crippen molar-refractivity contribution in [2.24, 2.45) is 0 Å². The molecule has 112 valence electrons. The fourth-order valence-corrected chi connectivity index (χ4v) is 2.18. The van der Waals surface area contributed by atoms with Gasteiger partial charge in [-0.3, -0.25) is 4.79 Å². The molecule has 0 bridgehead atoms. The normalized spacial score (nSPS) is 11.8. The molecule has 0 atom stereocenters. The van der Waals surface area contributed by atoms with Gasteiger partial charge in [-0.25, -0.2) is 9.07 Å². The standard InChI is InChI=1S/C15H8F4N2O/c16-13-6-14-9(4-10(13)8-22)7-20-21(14)12-3-1-2-11(5-12)15(17,18)19/h1-8H. The average Bonchev–Trinajstić information content (AvgIpc) is 2.88. The predicted molar refractivity (Wildman–Crippen MR) is 71.4 cm³/mol. The monoisotopic (exact) mass is 308 g/mol. The highest BCUT2D eigenvalue weighted by molar-refractivity contribution is 5.88. The zero-order chi connectivity index (χ0) is 15.9. The van der Waals surface area contributed by atoms with Gasteiger partial charge in [-0.2, -0.15) is 18.3 Å². The van der Waals surface area contributed by atoms with Crippen molar-refractivity contribution in [3.05, 3.63) is 59.5 Å². The Morgan fingerprint density at radius 3 is 2.59 bits per heavy atom. The molecular weight excluding hydrogens is 300 g/mol. The number of carbonyl (C=O) groups excluding carboxylic acids is 1. The molecule has 0 saturated carbocycles. The fraction of sp³-hybridized carbons (Fsp3) is 0.0667. The van der Waals surface area contributed by atoms with Crippen molar-refractivity contribution in [1.29, 1.82) is 0 Å². The van der Waals surface area contributed by atoms with Crippen LogP contribution in [0.2, 0.25) is 0 Å². The second-order valence-electron chi connectivity index (χ2n) is 4.65. The molecule has 0 unspecified atom stereocenters. The first-order valence-electron chi connectivity index (χ1n) is 6.20. The number of aromatic nitrogens is 2. The van der Waals surface area contributed by atoms with Crippen molar-refractivity contribution in [3.8, 4) is 5.69 Å². The Bertz CT molecular complexity index is 868. The van der Waals surface area contributed by atoms with Crippen molar-refractivity contribution in [2.75, 3.05) is 0 Å². The number of rotatable bonds is 2. The lowest BCUT2D eigenvalue weighted by Gasteiger charge is -2.09. The highest BCUT2D eigenvalue weighted by Crippen LogP contribution is 2.31. The Labute approximate surface area is 121 Å². The highest BCUT2D eigenvalue weighted by atomic mass is 19.4. The quantitative estimate of drug-likeness (QED) is 0.530. The molecular formula is C15H8F4N2O. The molecule has 1 aromatic heterocycles. The van der Waals surface area contributed by atoms with Crippen molar-refractivity contribution < 1.29 is 22.4 Å². The molecule has 3 rings (SSSR count). The van der Waals surface area contributed by atoms with E-state index in [2.05, 4.69) is 5.10 Å². The molecule has 0 aliphatic carbocycles. The topological polar surface area (TPSA) is 34.9 Å². The Hall–Kier alpha value is -2.70. The van der Waals surface area contributed by atoms with E-state index in [1.54, 1.807) is 0 Å². The molecule has 2 aromatic carbocycles. The van der Waals surface area contributed by atoms with Crippen LogP contribution < -0.4 is 0 Å². The summed E-state index contributed by atoms with van der Waals surface area (Å²) in [5.41, 5.74) is -0.514. The van der Waals surface area contributed by atoms with Crippen LogP contribution in [0.4, 0.5) is 17.6 Å². The minimum absolute atomic E-state index is 0.129. The summed E-state index contributed by atoms with van der Waals surface area (Å²) in [7, 11) is 0. The molecule has 22 heavy (non-hydrogen) atoms. The van der Waals surface area contributed by atoms with Crippen LogP contribution in [-0.4, -0.2) is 16.1 Å². The fourth-order valence-electron chi connectivity index (χ4n) is 2.18. The van der Waals surface area contributed by atoms with E-state index in [1.165, 1.54) is 29.1 Å². The average molecular weight is 308 g/mol. The molecule has 1 heterocycles. The van der Waals surface area contributed by atoms with Crippen LogP contribution in [0.25, 0.3) is 16.6 Å². The first kappa shape index (κ1) is 14.2. The largest absolute Gasteiger partial charge is 0.416 e. The molecule has 0 radical (unpaired) electrons. The van der Waals surface area contributed by atoms with Crippen molar-refractivity contribution >= 4 is 17.2 Å². The second kappa shape index (κ2) is 4.94. The predicted octanol–water partition coefficient (Wildman–Crippen LogP) is 4.00. The minimum Gasteiger partial charge on any atom is -0.298 e. The summed E-state index contributed by atoms with van der Waals surface area (Å²) in [4.78, 5) is 10.7. The van der Waals surface area contributed by atoms with Gasteiger partial charge in [-0.1, -0.05) is 6.07 Å². The van der Waals surface area contributed by atoms with Gasteiger partial charge in [0.2, 0.25) is 0 Å². The highest BCUT2D eigenvalue weighted by Gasteiger charge is 2.30. The van der Waals surface area contributed by atoms with Crippen LogP contribution in [-0.2, 0) is 6.18 Å². The molecule has 0 spiro atoms. The maximum absolute atomic E-state index is 13.7. The lowest BCUT2D eigenvalue weighted by atomic mass is 10.1. The van der Waals surface area contributed by atoms with E-state index in [4.69, 9.17) is 0 Å². The number of aldehydes is 1. The maximum Gasteiger partial charge on any atom is 0.416 e. The van der Waals surface area contributed by atoms with E-state index in [1.807, 2.05) is 0 Å². The smallest absolute Gasteiger partial charge is 0.298 e. The van der Waals surface area contributed by atoms with E-state index in [9.17, 15) is 22.4 Å². The van der Waals surface area contributed by atoms with Crippen LogP contribution >= 0.6 is 0 Å². The number of halogens is 4. The summed E-state index contributed by atoms with van der Waals surface area (Å²) in [6.07, 6.45) is -2.74. The van der Waals surface area contributed by atoms with Crippen LogP contribution in [0.5, 0.6) is 0 Å². The van der Waals surface area contributed by atoms with Gasteiger partial charge in [0.25, 0.3) is 0 Å². The van der Waals surface area contributed by atoms with Gasteiger partial charge >= 0.3 is 6.18 Å². The molecule has 7 heteroatoms. The molecule has 0 saturated heterocycles. The Morgan fingerprint density at radius 1 is 1.14 bits per heavy atom. The molecule has 3 nitrogen and oxygen atoms in total. The lowest BCUT2D eigenvalue weighted by molar-refractivity contribution is -0.137. The van der Waals surface area contributed by atoms with E-state index < -0.39 is 17.6 Å². The Morgan fingerprint density at radius 2 is 1.91 bits per heavy atom. The summed E-state index contributed by atoms with van der Waals surface area (Å²) in [6, 6.07) is 6.94. The third-order valence-corrected chi connectivity index (χ3v) is 3.23. The summed E-state index contributed by atoms with van der Waals surface area (Å²) in [6.45, 7) is 0. The number of benzene rings is 2. The summed E-state index contributed by atoms with van der Waals surface area (Å²) < 4.78 is 53.2. The number of alkyl halides is 3. The zero-order valence-corrected chi connectivity index (χ0v) is 10.9. The SMILES string of the molecule is O=Cc1cc2cnn(-c3cccc(C(F)(F)F)c3)c2cc1F. The second-order valence-corrected chi connectivity index (χ2v) is 4.65. The van der Waals surface area contributed by atoms with Crippen molar-refractivity contribution in [2.45, 2.75) is 6.18 Å². The summed E-state index contributed by atoms with van der Waals surface area (Å²) in [5.74, 6) is -0.753. The van der Waals surface area contributed by atoms with Gasteiger partial charge in [0, 0.05) is 11.5 Å². The van der Waals surface area contributed by atoms with E-state index >= 15 is 0 Å². The molecule has 0 aliphatic heterocycles. The van der Waals surface area contributed by atoms with E-state index in [-0.39, 0.29) is 16.8 Å². The third kappa shape index (κ3) is 2.34. The molecule has 0 fully saturated rings. The summed E-state index contributed by atoms with van der Waals surface area (Å²) >= 11 is 0.